The van der Waals surface area contributed by atoms with E-state index in [0.29, 0.717) is 25.9 Å². The van der Waals surface area contributed by atoms with Crippen molar-refractivity contribution in [3.63, 3.8) is 0 Å². The van der Waals surface area contributed by atoms with Crippen molar-refractivity contribution in [2.24, 2.45) is 5.92 Å². The Morgan fingerprint density at radius 1 is 1.26 bits per heavy atom. The summed E-state index contributed by atoms with van der Waals surface area (Å²) in [6, 6.07) is -0.0419. The van der Waals surface area contributed by atoms with Crippen molar-refractivity contribution in [3.8, 4) is 0 Å². The van der Waals surface area contributed by atoms with Gasteiger partial charge in [-0.1, -0.05) is 19.3 Å². The molecule has 0 aromatic carbocycles. The number of hydrogen-bond acceptors (Lipinski definition) is 3. The molecule has 1 saturated carbocycles. The lowest BCUT2D eigenvalue weighted by Gasteiger charge is -2.42. The highest BCUT2D eigenvalue weighted by Gasteiger charge is 2.48. The Morgan fingerprint density at radius 2 is 2.00 bits per heavy atom. The second-order valence-corrected chi connectivity index (χ2v) is 6.15. The third-order valence-corrected chi connectivity index (χ3v) is 4.94. The van der Waals surface area contributed by atoms with Crippen LogP contribution in [0.15, 0.2) is 0 Å². The molecule has 0 unspecified atom stereocenters. The van der Waals surface area contributed by atoms with E-state index in [1.54, 1.807) is 4.90 Å². The number of likely N-dealkylation sites (tertiary alicyclic amines) is 1. The van der Waals surface area contributed by atoms with Crippen LogP contribution in [0.2, 0.25) is 0 Å². The summed E-state index contributed by atoms with van der Waals surface area (Å²) in [5.74, 6) is -0.138. The van der Waals surface area contributed by atoms with Crippen LogP contribution in [0.4, 0.5) is 0 Å². The Hall–Kier alpha value is -1.10. The summed E-state index contributed by atoms with van der Waals surface area (Å²) >= 11 is 0. The second-order valence-electron chi connectivity index (χ2n) is 6.15. The van der Waals surface area contributed by atoms with E-state index >= 15 is 0 Å². The number of fused-ring (bicyclic) bond motifs is 1. The number of carbonyl (C=O) groups excluding carboxylic acids is 2. The smallest absolute Gasteiger partial charge is 0.254 e. The molecule has 2 amide bonds. The van der Waals surface area contributed by atoms with Gasteiger partial charge < -0.3 is 15.3 Å². The van der Waals surface area contributed by atoms with E-state index in [0.717, 1.165) is 32.1 Å². The van der Waals surface area contributed by atoms with E-state index in [-0.39, 0.29) is 23.8 Å². The molecule has 2 heterocycles. The average Bonchev–Trinajstić information content (AvgIpc) is 2.81. The van der Waals surface area contributed by atoms with Crippen LogP contribution in [0.5, 0.6) is 0 Å². The third kappa shape index (κ3) is 2.14. The Kier molecular flexibility index (Phi) is 3.25. The monoisotopic (exact) mass is 266 g/mol. The maximum absolute atomic E-state index is 12.7. The number of nitrogens with one attached hydrogen (secondary N) is 1. The standard InChI is InChI=1S/C14H22N2O3/c17-12-10-5-4-8-16(11(10)9-15-12)13(18)14(19)6-2-1-3-7-14/h10-11,19H,1-9H2,(H,15,17)/t10-,11-/m1/s1. The van der Waals surface area contributed by atoms with E-state index in [9.17, 15) is 14.7 Å². The fraction of sp³-hybridized carbons (Fsp3) is 0.857. The summed E-state index contributed by atoms with van der Waals surface area (Å²) in [6.45, 7) is 1.22. The zero-order valence-corrected chi connectivity index (χ0v) is 11.2. The van der Waals surface area contributed by atoms with Gasteiger partial charge in [-0.25, -0.2) is 0 Å². The Balaban J connectivity index is 1.77. The molecular formula is C14H22N2O3. The molecule has 2 saturated heterocycles. The topological polar surface area (TPSA) is 69.6 Å². The first kappa shape index (κ1) is 12.9. The first-order chi connectivity index (χ1) is 9.12. The molecule has 5 nitrogen and oxygen atoms in total. The van der Waals surface area contributed by atoms with Gasteiger partial charge >= 0.3 is 0 Å². The second kappa shape index (κ2) is 4.78. The number of amides is 2. The van der Waals surface area contributed by atoms with Gasteiger partial charge in [0.1, 0.15) is 5.60 Å². The average molecular weight is 266 g/mol. The van der Waals surface area contributed by atoms with Gasteiger partial charge in [0.15, 0.2) is 0 Å². The van der Waals surface area contributed by atoms with Crippen LogP contribution in [0.1, 0.15) is 44.9 Å². The molecule has 0 bridgehead atoms. The molecule has 0 radical (unpaired) electrons. The molecule has 0 spiro atoms. The highest BCUT2D eigenvalue weighted by atomic mass is 16.3. The van der Waals surface area contributed by atoms with Crippen molar-refractivity contribution in [2.45, 2.75) is 56.6 Å². The van der Waals surface area contributed by atoms with E-state index in [4.69, 9.17) is 0 Å². The normalized spacial score (nSPS) is 33.7. The minimum absolute atomic E-state index is 0.0419. The molecule has 3 aliphatic rings. The molecule has 5 heteroatoms. The van der Waals surface area contributed by atoms with Crippen LogP contribution < -0.4 is 5.32 Å². The van der Waals surface area contributed by atoms with Crippen molar-refractivity contribution in [1.29, 1.82) is 0 Å². The molecule has 0 aromatic heterocycles. The predicted molar refractivity (Wildman–Crippen MR) is 69.3 cm³/mol. The summed E-state index contributed by atoms with van der Waals surface area (Å²) in [7, 11) is 0. The van der Waals surface area contributed by atoms with E-state index in [2.05, 4.69) is 5.32 Å². The molecular weight excluding hydrogens is 244 g/mol. The van der Waals surface area contributed by atoms with Gasteiger partial charge in [0.2, 0.25) is 5.91 Å². The van der Waals surface area contributed by atoms with Gasteiger partial charge in [0, 0.05) is 13.1 Å². The third-order valence-electron chi connectivity index (χ3n) is 4.94. The van der Waals surface area contributed by atoms with Gasteiger partial charge in [0.05, 0.1) is 12.0 Å². The molecule has 1 aliphatic carbocycles. The molecule has 2 N–H and O–H groups in total. The van der Waals surface area contributed by atoms with Crippen LogP contribution >= 0.6 is 0 Å². The van der Waals surface area contributed by atoms with Gasteiger partial charge in [-0.15, -0.1) is 0 Å². The van der Waals surface area contributed by atoms with Gasteiger partial charge in [-0.05, 0) is 25.7 Å². The van der Waals surface area contributed by atoms with Crippen LogP contribution in [-0.4, -0.2) is 46.6 Å². The summed E-state index contributed by atoms with van der Waals surface area (Å²) in [4.78, 5) is 26.2. The molecule has 3 fully saturated rings. The van der Waals surface area contributed by atoms with Crippen LogP contribution in [0.25, 0.3) is 0 Å². The SMILES string of the molecule is O=C1NC[C@@H]2[C@H]1CCCN2C(=O)C1(O)CCCCC1. The fourth-order valence-electron chi connectivity index (χ4n) is 3.82. The molecule has 0 aromatic rings. The van der Waals surface area contributed by atoms with E-state index < -0.39 is 5.60 Å². The van der Waals surface area contributed by atoms with E-state index in [1.165, 1.54) is 0 Å². The lowest BCUT2D eigenvalue weighted by atomic mass is 9.82. The molecule has 2 atom stereocenters. The number of carbonyl (C=O) groups is 2. The maximum Gasteiger partial charge on any atom is 0.254 e. The zero-order valence-electron chi connectivity index (χ0n) is 11.2. The fourth-order valence-corrected chi connectivity index (χ4v) is 3.82. The predicted octanol–water partition coefficient (Wildman–Crippen LogP) is 0.419. The summed E-state index contributed by atoms with van der Waals surface area (Å²) in [5, 5.41) is 13.4. The molecule has 3 rings (SSSR count). The lowest BCUT2D eigenvalue weighted by molar-refractivity contribution is -0.159. The summed E-state index contributed by atoms with van der Waals surface area (Å²) < 4.78 is 0. The Bertz CT molecular complexity index is 390. The summed E-state index contributed by atoms with van der Waals surface area (Å²) in [6.07, 6.45) is 5.79. The van der Waals surface area contributed by atoms with Crippen molar-refractivity contribution in [2.75, 3.05) is 13.1 Å². The highest BCUT2D eigenvalue weighted by molar-refractivity contribution is 5.88. The molecule has 19 heavy (non-hydrogen) atoms. The van der Waals surface area contributed by atoms with E-state index in [1.807, 2.05) is 0 Å². The summed E-state index contributed by atoms with van der Waals surface area (Å²) in [5.41, 5.74) is -1.17. The molecule has 2 aliphatic heterocycles. The minimum atomic E-state index is -1.17. The highest BCUT2D eigenvalue weighted by Crippen LogP contribution is 2.34. The number of hydrogen-bond donors (Lipinski definition) is 2. The number of aliphatic hydroxyl groups is 1. The number of nitrogens with zero attached hydrogens (tertiary/aromatic N) is 1. The largest absolute Gasteiger partial charge is 0.380 e. The van der Waals surface area contributed by atoms with Gasteiger partial charge in [-0.2, -0.15) is 0 Å². The maximum atomic E-state index is 12.7. The quantitative estimate of drug-likeness (QED) is 0.722. The van der Waals surface area contributed by atoms with Crippen molar-refractivity contribution < 1.29 is 14.7 Å². The number of rotatable bonds is 1. The Morgan fingerprint density at radius 3 is 2.74 bits per heavy atom. The van der Waals surface area contributed by atoms with Crippen molar-refractivity contribution >= 4 is 11.8 Å². The lowest BCUT2D eigenvalue weighted by Crippen LogP contribution is -2.57. The van der Waals surface area contributed by atoms with Gasteiger partial charge in [0.25, 0.3) is 5.91 Å². The minimum Gasteiger partial charge on any atom is -0.380 e. The first-order valence-corrected chi connectivity index (χ1v) is 7.43. The van der Waals surface area contributed by atoms with Crippen LogP contribution in [0.3, 0.4) is 0 Å². The van der Waals surface area contributed by atoms with Crippen LogP contribution in [-0.2, 0) is 9.59 Å². The Labute approximate surface area is 113 Å². The first-order valence-electron chi connectivity index (χ1n) is 7.43. The van der Waals surface area contributed by atoms with Crippen molar-refractivity contribution in [3.05, 3.63) is 0 Å². The zero-order chi connectivity index (χ0) is 13.5. The van der Waals surface area contributed by atoms with Crippen molar-refractivity contribution in [1.82, 2.24) is 10.2 Å². The van der Waals surface area contributed by atoms with Gasteiger partial charge in [-0.3, -0.25) is 9.59 Å². The number of piperidine rings is 1. The van der Waals surface area contributed by atoms with Crippen LogP contribution in [0, 0.1) is 5.92 Å². The molecule has 106 valence electrons.